The first-order valence-corrected chi connectivity index (χ1v) is 7.67. The van der Waals surface area contributed by atoms with E-state index < -0.39 is 5.97 Å². The number of rotatable bonds is 2. The first kappa shape index (κ1) is 14.0. The summed E-state index contributed by atoms with van der Waals surface area (Å²) in [5.74, 6) is -0.440. The molecular formula is C16H20N2O3. The predicted molar refractivity (Wildman–Crippen MR) is 77.2 cm³/mol. The van der Waals surface area contributed by atoms with Crippen LogP contribution in [0.25, 0.3) is 0 Å². The van der Waals surface area contributed by atoms with Crippen molar-refractivity contribution in [2.75, 3.05) is 6.54 Å². The van der Waals surface area contributed by atoms with Gasteiger partial charge in [-0.05, 0) is 43.7 Å². The molecule has 0 radical (unpaired) electrons. The molecule has 0 spiro atoms. The van der Waals surface area contributed by atoms with Gasteiger partial charge in [0.15, 0.2) is 0 Å². The molecule has 1 aromatic heterocycles. The molecule has 2 unspecified atom stereocenters. The van der Waals surface area contributed by atoms with Crippen LogP contribution in [0.1, 0.15) is 59.4 Å². The molecule has 1 aromatic rings. The lowest BCUT2D eigenvalue weighted by molar-refractivity contribution is 0.0384. The number of aromatic carboxylic acids is 1. The minimum Gasteiger partial charge on any atom is -0.478 e. The van der Waals surface area contributed by atoms with Gasteiger partial charge in [0.1, 0.15) is 5.69 Å². The number of hydrogen-bond donors (Lipinski definition) is 1. The first-order valence-electron chi connectivity index (χ1n) is 7.67. The van der Waals surface area contributed by atoms with Crippen LogP contribution in [0, 0.1) is 5.92 Å². The summed E-state index contributed by atoms with van der Waals surface area (Å²) in [6.07, 6.45) is 8.31. The van der Waals surface area contributed by atoms with E-state index >= 15 is 0 Å². The normalized spacial score (nSPS) is 25.2. The summed E-state index contributed by atoms with van der Waals surface area (Å²) in [4.78, 5) is 29.5. The molecule has 2 atom stereocenters. The second kappa shape index (κ2) is 5.84. The molecule has 2 aliphatic rings. The van der Waals surface area contributed by atoms with Gasteiger partial charge >= 0.3 is 5.97 Å². The van der Waals surface area contributed by atoms with Gasteiger partial charge in [0.25, 0.3) is 5.91 Å². The number of aromatic nitrogens is 1. The summed E-state index contributed by atoms with van der Waals surface area (Å²) < 4.78 is 0. The molecule has 21 heavy (non-hydrogen) atoms. The van der Waals surface area contributed by atoms with E-state index in [4.69, 9.17) is 5.11 Å². The monoisotopic (exact) mass is 288 g/mol. The number of carboxylic acid groups (broad SMARTS) is 1. The Morgan fingerprint density at radius 3 is 2.62 bits per heavy atom. The van der Waals surface area contributed by atoms with Gasteiger partial charge in [-0.2, -0.15) is 0 Å². The zero-order valence-electron chi connectivity index (χ0n) is 12.0. The van der Waals surface area contributed by atoms with Gasteiger partial charge in [0, 0.05) is 18.8 Å². The van der Waals surface area contributed by atoms with E-state index in [0.29, 0.717) is 17.7 Å². The van der Waals surface area contributed by atoms with Crippen LogP contribution in [0.4, 0.5) is 0 Å². The molecule has 1 aliphatic heterocycles. The number of piperidine rings is 1. The average molecular weight is 288 g/mol. The van der Waals surface area contributed by atoms with Crippen molar-refractivity contribution in [3.8, 4) is 0 Å². The van der Waals surface area contributed by atoms with Gasteiger partial charge in [0.05, 0.1) is 5.56 Å². The van der Waals surface area contributed by atoms with Crippen molar-refractivity contribution in [1.29, 1.82) is 0 Å². The summed E-state index contributed by atoms with van der Waals surface area (Å²) >= 11 is 0. The zero-order chi connectivity index (χ0) is 14.8. The molecule has 112 valence electrons. The summed E-state index contributed by atoms with van der Waals surface area (Å²) in [5, 5.41) is 8.88. The van der Waals surface area contributed by atoms with E-state index in [0.717, 1.165) is 19.4 Å². The first-order chi connectivity index (χ1) is 10.2. The van der Waals surface area contributed by atoms with Crippen molar-refractivity contribution < 1.29 is 14.7 Å². The zero-order valence-corrected chi connectivity index (χ0v) is 12.0. The van der Waals surface area contributed by atoms with Crippen LogP contribution >= 0.6 is 0 Å². The molecule has 1 saturated carbocycles. The SMILES string of the molecule is O=C(O)c1ccc(C(=O)N2CCCC3CCCCC32)nc1. The molecular weight excluding hydrogens is 268 g/mol. The molecule has 1 saturated heterocycles. The molecule has 2 fully saturated rings. The molecule has 3 rings (SSSR count). The summed E-state index contributed by atoms with van der Waals surface area (Å²) in [5.41, 5.74) is 0.465. The smallest absolute Gasteiger partial charge is 0.337 e. The maximum atomic E-state index is 12.7. The molecule has 5 nitrogen and oxygen atoms in total. The van der Waals surface area contributed by atoms with Gasteiger partial charge in [0.2, 0.25) is 0 Å². The highest BCUT2D eigenvalue weighted by Gasteiger charge is 2.36. The van der Waals surface area contributed by atoms with Gasteiger partial charge in [-0.1, -0.05) is 12.8 Å². The summed E-state index contributed by atoms with van der Waals surface area (Å²) in [6, 6.07) is 3.32. The topological polar surface area (TPSA) is 70.5 Å². The summed E-state index contributed by atoms with van der Waals surface area (Å²) in [6.45, 7) is 0.794. The van der Waals surface area contributed by atoms with Crippen molar-refractivity contribution >= 4 is 11.9 Å². The van der Waals surface area contributed by atoms with Crippen LogP contribution in [0.3, 0.4) is 0 Å². The number of carbonyl (C=O) groups is 2. The molecule has 1 amide bonds. The Kier molecular flexibility index (Phi) is 3.90. The fourth-order valence-electron chi connectivity index (χ4n) is 3.67. The van der Waals surface area contributed by atoms with E-state index in [9.17, 15) is 9.59 Å². The minimum atomic E-state index is -1.02. The number of pyridine rings is 1. The van der Waals surface area contributed by atoms with Gasteiger partial charge in [-0.3, -0.25) is 9.78 Å². The van der Waals surface area contributed by atoms with E-state index in [1.54, 1.807) is 0 Å². The number of amides is 1. The highest BCUT2D eigenvalue weighted by molar-refractivity contribution is 5.94. The van der Waals surface area contributed by atoms with E-state index in [1.165, 1.54) is 44.0 Å². The fraction of sp³-hybridized carbons (Fsp3) is 0.562. The number of carbonyl (C=O) groups excluding carboxylic acids is 1. The highest BCUT2D eigenvalue weighted by Crippen LogP contribution is 2.35. The third-order valence-electron chi connectivity index (χ3n) is 4.73. The highest BCUT2D eigenvalue weighted by atomic mass is 16.4. The Morgan fingerprint density at radius 1 is 1.14 bits per heavy atom. The molecule has 5 heteroatoms. The third-order valence-corrected chi connectivity index (χ3v) is 4.73. The van der Waals surface area contributed by atoms with Crippen LogP contribution in [-0.4, -0.2) is 39.5 Å². The minimum absolute atomic E-state index is 0.0523. The van der Waals surface area contributed by atoms with Gasteiger partial charge in [-0.15, -0.1) is 0 Å². The van der Waals surface area contributed by atoms with E-state index in [-0.39, 0.29) is 11.5 Å². The molecule has 2 heterocycles. The van der Waals surface area contributed by atoms with Crippen molar-refractivity contribution in [3.63, 3.8) is 0 Å². The Morgan fingerprint density at radius 2 is 1.90 bits per heavy atom. The second-order valence-electron chi connectivity index (χ2n) is 5.99. The van der Waals surface area contributed by atoms with Gasteiger partial charge < -0.3 is 10.0 Å². The van der Waals surface area contributed by atoms with Crippen LogP contribution in [0.5, 0.6) is 0 Å². The van der Waals surface area contributed by atoms with Crippen LogP contribution in [0.15, 0.2) is 18.3 Å². The molecule has 0 aromatic carbocycles. The largest absolute Gasteiger partial charge is 0.478 e. The number of fused-ring (bicyclic) bond motifs is 1. The van der Waals surface area contributed by atoms with Crippen LogP contribution < -0.4 is 0 Å². The van der Waals surface area contributed by atoms with Crippen molar-refractivity contribution in [1.82, 2.24) is 9.88 Å². The maximum Gasteiger partial charge on any atom is 0.337 e. The number of likely N-dealkylation sites (tertiary alicyclic amines) is 1. The Labute approximate surface area is 124 Å². The number of hydrogen-bond acceptors (Lipinski definition) is 3. The predicted octanol–water partition coefficient (Wildman–Crippen LogP) is 2.57. The second-order valence-corrected chi connectivity index (χ2v) is 5.99. The van der Waals surface area contributed by atoms with E-state index in [1.807, 2.05) is 4.90 Å². The van der Waals surface area contributed by atoms with Gasteiger partial charge in [-0.25, -0.2) is 4.79 Å². The van der Waals surface area contributed by atoms with Crippen LogP contribution in [-0.2, 0) is 0 Å². The molecule has 1 N–H and O–H groups in total. The lowest BCUT2D eigenvalue weighted by Crippen LogP contribution is -2.49. The number of carboxylic acids is 1. The Bertz CT molecular complexity index is 539. The fourth-order valence-corrected chi connectivity index (χ4v) is 3.67. The maximum absolute atomic E-state index is 12.7. The lowest BCUT2D eigenvalue weighted by atomic mass is 9.78. The van der Waals surface area contributed by atoms with E-state index in [2.05, 4.69) is 4.98 Å². The standard InChI is InChI=1S/C16H20N2O3/c19-15(13-8-7-12(10-17-13)16(20)21)18-9-3-5-11-4-1-2-6-14(11)18/h7-8,10-11,14H,1-6,9H2,(H,20,21). The Balaban J connectivity index is 1.78. The quantitative estimate of drug-likeness (QED) is 0.908. The average Bonchev–Trinajstić information content (AvgIpc) is 2.53. The van der Waals surface area contributed by atoms with Crippen molar-refractivity contribution in [2.24, 2.45) is 5.92 Å². The van der Waals surface area contributed by atoms with Crippen LogP contribution in [0.2, 0.25) is 0 Å². The molecule has 0 bridgehead atoms. The number of nitrogens with zero attached hydrogens (tertiary/aromatic N) is 2. The molecule has 1 aliphatic carbocycles. The lowest BCUT2D eigenvalue weighted by Gasteiger charge is -2.44. The summed E-state index contributed by atoms with van der Waals surface area (Å²) in [7, 11) is 0. The Hall–Kier alpha value is -1.91. The van der Waals surface area contributed by atoms with Crippen molar-refractivity contribution in [3.05, 3.63) is 29.6 Å². The third kappa shape index (κ3) is 2.77. The van der Waals surface area contributed by atoms with Crippen molar-refractivity contribution in [2.45, 2.75) is 44.6 Å².